The van der Waals surface area contributed by atoms with Crippen LogP contribution in [0.1, 0.15) is 24.9 Å². The Bertz CT molecular complexity index is 411. The molecule has 3 heteroatoms. The Labute approximate surface area is 89.8 Å². The van der Waals surface area contributed by atoms with Crippen LogP contribution in [0.15, 0.2) is 29.3 Å². The topological polar surface area (TPSA) is 27.6 Å². The minimum atomic E-state index is 0.446. The minimum absolute atomic E-state index is 0.446. The zero-order chi connectivity index (χ0) is 10.3. The summed E-state index contributed by atoms with van der Waals surface area (Å²) < 4.78 is 0. The maximum absolute atomic E-state index is 4.65. The van der Waals surface area contributed by atoms with E-state index in [-0.39, 0.29) is 0 Å². The van der Waals surface area contributed by atoms with Gasteiger partial charge in [-0.25, -0.2) is 4.99 Å². The number of aliphatic imine (C=N–C) groups is 1. The van der Waals surface area contributed by atoms with E-state index in [1.165, 1.54) is 12.0 Å². The smallest absolute Gasteiger partial charge is 0.199 e. The Morgan fingerprint density at radius 2 is 2.27 bits per heavy atom. The van der Waals surface area contributed by atoms with Gasteiger partial charge in [0.2, 0.25) is 0 Å². The predicted octanol–water partition coefficient (Wildman–Crippen LogP) is 2.04. The molecule has 2 heterocycles. The van der Waals surface area contributed by atoms with E-state index in [2.05, 4.69) is 40.3 Å². The van der Waals surface area contributed by atoms with E-state index in [0.29, 0.717) is 6.04 Å². The lowest BCUT2D eigenvalue weighted by atomic mass is 10.0. The fourth-order valence-electron chi connectivity index (χ4n) is 2.36. The normalized spacial score (nSPS) is 23.7. The van der Waals surface area contributed by atoms with Crippen LogP contribution >= 0.6 is 0 Å². The first-order valence-electron chi connectivity index (χ1n) is 5.54. The highest BCUT2D eigenvalue weighted by Crippen LogP contribution is 2.34. The molecular formula is C12H15N3. The van der Waals surface area contributed by atoms with Gasteiger partial charge in [-0.1, -0.05) is 18.2 Å². The lowest BCUT2D eigenvalue weighted by Gasteiger charge is -2.39. The zero-order valence-electron chi connectivity index (χ0n) is 8.90. The number of guanidine groups is 1. The molecule has 2 aliphatic rings. The standard InChI is InChI=1S/C12H15N3/c1-9-10-5-2-3-6-11(10)14-12-13-7-4-8-15(9)12/h2-3,5-6,9H,4,7-8H2,1H3,(H,13,14). The number of hydrogen-bond acceptors (Lipinski definition) is 3. The molecule has 15 heavy (non-hydrogen) atoms. The van der Waals surface area contributed by atoms with Crippen LogP contribution in [0.3, 0.4) is 0 Å². The second kappa shape index (κ2) is 3.26. The Kier molecular flexibility index (Phi) is 1.91. The molecule has 2 aliphatic heterocycles. The summed E-state index contributed by atoms with van der Waals surface area (Å²) in [4.78, 5) is 7.00. The Hall–Kier alpha value is -1.51. The van der Waals surface area contributed by atoms with Crippen molar-refractivity contribution >= 4 is 11.6 Å². The van der Waals surface area contributed by atoms with Crippen molar-refractivity contribution in [2.45, 2.75) is 19.4 Å². The van der Waals surface area contributed by atoms with Crippen molar-refractivity contribution in [3.63, 3.8) is 0 Å². The number of nitrogens with zero attached hydrogens (tertiary/aromatic N) is 2. The molecule has 0 spiro atoms. The molecule has 0 amide bonds. The quantitative estimate of drug-likeness (QED) is 0.695. The van der Waals surface area contributed by atoms with Crippen molar-refractivity contribution in [3.8, 4) is 0 Å². The maximum atomic E-state index is 4.65. The summed E-state index contributed by atoms with van der Waals surface area (Å²) in [5.74, 6) is 1.05. The number of benzene rings is 1. The second-order valence-corrected chi connectivity index (χ2v) is 4.14. The zero-order valence-corrected chi connectivity index (χ0v) is 8.90. The largest absolute Gasteiger partial charge is 0.356 e. The van der Waals surface area contributed by atoms with Crippen LogP contribution in [-0.4, -0.2) is 23.9 Å². The number of fused-ring (bicyclic) bond motifs is 2. The fourth-order valence-corrected chi connectivity index (χ4v) is 2.36. The third-order valence-corrected chi connectivity index (χ3v) is 3.21. The van der Waals surface area contributed by atoms with Gasteiger partial charge in [0.05, 0.1) is 11.7 Å². The SMILES string of the molecule is CC1c2ccccc2N=C2NCCCN21. The predicted molar refractivity (Wildman–Crippen MR) is 61.3 cm³/mol. The average Bonchev–Trinajstić information content (AvgIpc) is 2.30. The van der Waals surface area contributed by atoms with Crippen LogP contribution in [0.5, 0.6) is 0 Å². The van der Waals surface area contributed by atoms with Crippen molar-refractivity contribution in [2.75, 3.05) is 13.1 Å². The highest BCUT2D eigenvalue weighted by Gasteiger charge is 2.27. The van der Waals surface area contributed by atoms with Gasteiger partial charge in [-0.15, -0.1) is 0 Å². The average molecular weight is 201 g/mol. The van der Waals surface area contributed by atoms with Crippen LogP contribution in [0.25, 0.3) is 0 Å². The molecule has 1 N–H and O–H groups in total. The first-order chi connectivity index (χ1) is 7.36. The number of nitrogens with one attached hydrogen (secondary N) is 1. The van der Waals surface area contributed by atoms with Crippen LogP contribution < -0.4 is 5.32 Å². The van der Waals surface area contributed by atoms with Crippen LogP contribution in [-0.2, 0) is 0 Å². The summed E-state index contributed by atoms with van der Waals surface area (Å²) in [6.45, 7) is 4.41. The van der Waals surface area contributed by atoms with Gasteiger partial charge in [0.15, 0.2) is 5.96 Å². The molecule has 1 saturated heterocycles. The maximum Gasteiger partial charge on any atom is 0.199 e. The molecule has 0 aliphatic carbocycles. The van der Waals surface area contributed by atoms with E-state index in [4.69, 9.17) is 0 Å². The summed E-state index contributed by atoms with van der Waals surface area (Å²) in [6.07, 6.45) is 1.20. The van der Waals surface area contributed by atoms with Gasteiger partial charge in [0, 0.05) is 18.7 Å². The minimum Gasteiger partial charge on any atom is -0.356 e. The summed E-state index contributed by atoms with van der Waals surface area (Å²) in [6, 6.07) is 8.85. The summed E-state index contributed by atoms with van der Waals surface area (Å²) in [5, 5.41) is 3.37. The molecule has 1 unspecified atom stereocenters. The van der Waals surface area contributed by atoms with Crippen molar-refractivity contribution in [1.29, 1.82) is 0 Å². The molecule has 1 aromatic carbocycles. The molecule has 3 rings (SSSR count). The monoisotopic (exact) mass is 201 g/mol. The Morgan fingerprint density at radius 3 is 3.20 bits per heavy atom. The summed E-state index contributed by atoms with van der Waals surface area (Å²) >= 11 is 0. The van der Waals surface area contributed by atoms with Crippen LogP contribution in [0, 0.1) is 0 Å². The molecule has 0 bridgehead atoms. The van der Waals surface area contributed by atoms with Crippen molar-refractivity contribution in [3.05, 3.63) is 29.8 Å². The second-order valence-electron chi connectivity index (χ2n) is 4.14. The van der Waals surface area contributed by atoms with E-state index >= 15 is 0 Å². The number of para-hydroxylation sites is 1. The van der Waals surface area contributed by atoms with Crippen molar-refractivity contribution in [2.24, 2.45) is 4.99 Å². The molecule has 1 fully saturated rings. The summed E-state index contributed by atoms with van der Waals surface area (Å²) in [5.41, 5.74) is 2.45. The molecule has 78 valence electrons. The lowest BCUT2D eigenvalue weighted by molar-refractivity contribution is 0.294. The van der Waals surface area contributed by atoms with Gasteiger partial charge in [0.25, 0.3) is 0 Å². The molecule has 0 aromatic heterocycles. The Balaban J connectivity index is 2.09. The van der Waals surface area contributed by atoms with Crippen LogP contribution in [0.2, 0.25) is 0 Å². The summed E-state index contributed by atoms with van der Waals surface area (Å²) in [7, 11) is 0. The van der Waals surface area contributed by atoms with E-state index in [1.54, 1.807) is 0 Å². The van der Waals surface area contributed by atoms with E-state index in [9.17, 15) is 0 Å². The molecule has 1 aromatic rings. The lowest BCUT2D eigenvalue weighted by Crippen LogP contribution is -2.49. The highest BCUT2D eigenvalue weighted by molar-refractivity contribution is 5.86. The van der Waals surface area contributed by atoms with Crippen LogP contribution in [0.4, 0.5) is 5.69 Å². The van der Waals surface area contributed by atoms with Gasteiger partial charge < -0.3 is 10.2 Å². The van der Waals surface area contributed by atoms with Gasteiger partial charge >= 0.3 is 0 Å². The van der Waals surface area contributed by atoms with E-state index < -0.39 is 0 Å². The van der Waals surface area contributed by atoms with Gasteiger partial charge in [-0.2, -0.15) is 0 Å². The molecular weight excluding hydrogens is 186 g/mol. The van der Waals surface area contributed by atoms with Crippen molar-refractivity contribution < 1.29 is 0 Å². The third-order valence-electron chi connectivity index (χ3n) is 3.21. The van der Waals surface area contributed by atoms with Gasteiger partial charge in [-0.3, -0.25) is 0 Å². The first-order valence-corrected chi connectivity index (χ1v) is 5.54. The number of hydrogen-bond donors (Lipinski definition) is 1. The van der Waals surface area contributed by atoms with Gasteiger partial charge in [-0.05, 0) is 19.4 Å². The first kappa shape index (κ1) is 8.77. The Morgan fingerprint density at radius 1 is 1.40 bits per heavy atom. The fraction of sp³-hybridized carbons (Fsp3) is 0.417. The highest BCUT2D eigenvalue weighted by atomic mass is 15.3. The van der Waals surface area contributed by atoms with Gasteiger partial charge in [0.1, 0.15) is 0 Å². The number of rotatable bonds is 0. The third kappa shape index (κ3) is 1.30. The molecule has 1 atom stereocenters. The molecule has 0 radical (unpaired) electrons. The van der Waals surface area contributed by atoms with E-state index in [1.807, 2.05) is 6.07 Å². The van der Waals surface area contributed by atoms with Crippen molar-refractivity contribution in [1.82, 2.24) is 10.2 Å². The molecule has 0 saturated carbocycles. The molecule has 3 nitrogen and oxygen atoms in total. The van der Waals surface area contributed by atoms with E-state index in [0.717, 1.165) is 24.7 Å².